The van der Waals surface area contributed by atoms with Gasteiger partial charge in [-0.25, -0.2) is 4.79 Å². The van der Waals surface area contributed by atoms with Crippen molar-refractivity contribution in [3.8, 4) is 0 Å². The maximum Gasteiger partial charge on any atom is 0.326 e. The molecule has 0 saturated carbocycles. The number of nitrogens with zero attached hydrogens (tertiary/aromatic N) is 1. The van der Waals surface area contributed by atoms with E-state index in [0.717, 1.165) is 0 Å². The zero-order valence-corrected chi connectivity index (χ0v) is 9.64. The third kappa shape index (κ3) is 2.93. The van der Waals surface area contributed by atoms with E-state index < -0.39 is 16.9 Å². The zero-order chi connectivity index (χ0) is 13.0. The maximum absolute atomic E-state index is 10.9. The minimum atomic E-state index is -1.02. The van der Waals surface area contributed by atoms with Crippen molar-refractivity contribution in [2.75, 3.05) is 5.32 Å². The van der Waals surface area contributed by atoms with Crippen LogP contribution in [-0.4, -0.2) is 22.0 Å². The average molecular weight is 238 g/mol. The average Bonchev–Trinajstić information content (AvgIpc) is 2.26. The number of carboxylic acid groups (broad SMARTS) is 1. The molecule has 0 spiro atoms. The SMILES string of the molecule is CCC(Nc1c(C)cccc1[N+](=O)[O-])C(=O)O. The summed E-state index contributed by atoms with van der Waals surface area (Å²) in [4.78, 5) is 21.2. The molecule has 0 radical (unpaired) electrons. The Morgan fingerprint density at radius 1 is 1.59 bits per heavy atom. The van der Waals surface area contributed by atoms with Gasteiger partial charge in [-0.1, -0.05) is 19.1 Å². The van der Waals surface area contributed by atoms with Crippen LogP contribution in [0.2, 0.25) is 0 Å². The number of nitro groups is 1. The van der Waals surface area contributed by atoms with E-state index in [1.807, 2.05) is 0 Å². The molecule has 17 heavy (non-hydrogen) atoms. The first-order valence-electron chi connectivity index (χ1n) is 5.20. The van der Waals surface area contributed by atoms with E-state index in [9.17, 15) is 14.9 Å². The lowest BCUT2D eigenvalue weighted by molar-refractivity contribution is -0.384. The second-order valence-corrected chi connectivity index (χ2v) is 3.67. The number of para-hydroxylation sites is 1. The Balaban J connectivity index is 3.12. The van der Waals surface area contributed by atoms with Crippen molar-refractivity contribution in [3.05, 3.63) is 33.9 Å². The number of hydrogen-bond donors (Lipinski definition) is 2. The molecule has 1 rings (SSSR count). The van der Waals surface area contributed by atoms with Gasteiger partial charge in [0, 0.05) is 6.07 Å². The molecule has 92 valence electrons. The van der Waals surface area contributed by atoms with Crippen LogP contribution in [0.15, 0.2) is 18.2 Å². The number of carboxylic acids is 1. The molecular formula is C11H14N2O4. The van der Waals surface area contributed by atoms with Crippen molar-refractivity contribution in [3.63, 3.8) is 0 Å². The van der Waals surface area contributed by atoms with Crippen molar-refractivity contribution >= 4 is 17.3 Å². The molecule has 0 heterocycles. The topological polar surface area (TPSA) is 92.5 Å². The molecule has 0 amide bonds. The summed E-state index contributed by atoms with van der Waals surface area (Å²) in [6, 6.07) is 3.79. The van der Waals surface area contributed by atoms with Gasteiger partial charge in [0.15, 0.2) is 0 Å². The molecule has 0 aromatic heterocycles. The summed E-state index contributed by atoms with van der Waals surface area (Å²) in [5.41, 5.74) is 0.815. The van der Waals surface area contributed by atoms with Gasteiger partial charge in [0.05, 0.1) is 4.92 Å². The first-order valence-corrected chi connectivity index (χ1v) is 5.20. The van der Waals surface area contributed by atoms with Gasteiger partial charge in [-0.2, -0.15) is 0 Å². The highest BCUT2D eigenvalue weighted by molar-refractivity contribution is 5.79. The normalized spacial score (nSPS) is 11.9. The lowest BCUT2D eigenvalue weighted by atomic mass is 10.1. The monoisotopic (exact) mass is 238 g/mol. The summed E-state index contributed by atoms with van der Waals surface area (Å²) in [6.07, 6.45) is 0.348. The molecule has 0 aliphatic heterocycles. The zero-order valence-electron chi connectivity index (χ0n) is 9.64. The molecule has 1 aromatic carbocycles. The van der Waals surface area contributed by atoms with E-state index in [1.54, 1.807) is 26.0 Å². The van der Waals surface area contributed by atoms with Crippen LogP contribution < -0.4 is 5.32 Å². The van der Waals surface area contributed by atoms with Gasteiger partial charge in [0.25, 0.3) is 5.69 Å². The highest BCUT2D eigenvalue weighted by atomic mass is 16.6. The number of nitrogens with one attached hydrogen (secondary N) is 1. The highest BCUT2D eigenvalue weighted by Crippen LogP contribution is 2.28. The van der Waals surface area contributed by atoms with Crippen LogP contribution in [0.25, 0.3) is 0 Å². The minimum absolute atomic E-state index is 0.107. The summed E-state index contributed by atoms with van der Waals surface area (Å²) in [6.45, 7) is 3.40. The van der Waals surface area contributed by atoms with Crippen LogP contribution in [-0.2, 0) is 4.79 Å². The van der Waals surface area contributed by atoms with Gasteiger partial charge in [-0.05, 0) is 18.9 Å². The summed E-state index contributed by atoms with van der Waals surface area (Å²) < 4.78 is 0. The van der Waals surface area contributed by atoms with Gasteiger partial charge in [0.1, 0.15) is 11.7 Å². The van der Waals surface area contributed by atoms with Crippen LogP contribution in [0.4, 0.5) is 11.4 Å². The van der Waals surface area contributed by atoms with Gasteiger partial charge in [-0.15, -0.1) is 0 Å². The Kier molecular flexibility index (Phi) is 4.03. The maximum atomic E-state index is 10.9. The summed E-state index contributed by atoms with van der Waals surface area (Å²) >= 11 is 0. The van der Waals surface area contributed by atoms with Crippen molar-refractivity contribution in [1.82, 2.24) is 0 Å². The van der Waals surface area contributed by atoms with E-state index >= 15 is 0 Å². The number of aliphatic carboxylic acids is 1. The molecule has 1 unspecified atom stereocenters. The Labute approximate surface area is 98.4 Å². The van der Waals surface area contributed by atoms with Crippen LogP contribution in [0, 0.1) is 17.0 Å². The number of carbonyl (C=O) groups is 1. The molecule has 0 fully saturated rings. The second-order valence-electron chi connectivity index (χ2n) is 3.67. The van der Waals surface area contributed by atoms with E-state index in [1.165, 1.54) is 6.07 Å². The predicted octanol–water partition coefficient (Wildman–Crippen LogP) is 2.18. The van der Waals surface area contributed by atoms with E-state index in [-0.39, 0.29) is 11.4 Å². The van der Waals surface area contributed by atoms with Gasteiger partial charge in [0.2, 0.25) is 0 Å². The summed E-state index contributed by atoms with van der Waals surface area (Å²) in [5.74, 6) is -1.02. The molecular weight excluding hydrogens is 224 g/mol. The number of hydrogen-bond acceptors (Lipinski definition) is 4. The number of anilines is 1. The summed E-state index contributed by atoms with van der Waals surface area (Å²) in [7, 11) is 0. The molecule has 0 saturated heterocycles. The van der Waals surface area contributed by atoms with Crippen LogP contribution in [0.3, 0.4) is 0 Å². The van der Waals surface area contributed by atoms with E-state index in [2.05, 4.69) is 5.32 Å². The van der Waals surface area contributed by atoms with Crippen molar-refractivity contribution in [2.24, 2.45) is 0 Å². The lowest BCUT2D eigenvalue weighted by Gasteiger charge is -2.15. The Morgan fingerprint density at radius 3 is 2.71 bits per heavy atom. The fraction of sp³-hybridized carbons (Fsp3) is 0.364. The molecule has 2 N–H and O–H groups in total. The van der Waals surface area contributed by atoms with E-state index in [0.29, 0.717) is 12.0 Å². The van der Waals surface area contributed by atoms with Crippen LogP contribution in [0.1, 0.15) is 18.9 Å². The van der Waals surface area contributed by atoms with Gasteiger partial charge >= 0.3 is 5.97 Å². The standard InChI is InChI=1S/C11H14N2O4/c1-3-8(11(14)15)12-10-7(2)5-4-6-9(10)13(16)17/h4-6,8,12H,3H2,1-2H3,(H,14,15). The number of rotatable bonds is 5. The molecule has 0 bridgehead atoms. The molecule has 6 heteroatoms. The van der Waals surface area contributed by atoms with Crippen LogP contribution >= 0.6 is 0 Å². The third-order valence-corrected chi connectivity index (χ3v) is 2.47. The third-order valence-electron chi connectivity index (χ3n) is 2.47. The largest absolute Gasteiger partial charge is 0.480 e. The second kappa shape index (κ2) is 5.29. The molecule has 1 atom stereocenters. The first kappa shape index (κ1) is 13.0. The van der Waals surface area contributed by atoms with E-state index in [4.69, 9.17) is 5.11 Å². The number of nitro benzene ring substituents is 1. The van der Waals surface area contributed by atoms with Crippen molar-refractivity contribution in [1.29, 1.82) is 0 Å². The minimum Gasteiger partial charge on any atom is -0.480 e. The Bertz CT molecular complexity index is 445. The van der Waals surface area contributed by atoms with Crippen molar-refractivity contribution < 1.29 is 14.8 Å². The fourth-order valence-corrected chi connectivity index (χ4v) is 1.50. The molecule has 0 aliphatic rings. The fourth-order valence-electron chi connectivity index (χ4n) is 1.50. The molecule has 0 aliphatic carbocycles. The number of benzene rings is 1. The number of aryl methyl sites for hydroxylation is 1. The first-order chi connectivity index (χ1) is 7.97. The quantitative estimate of drug-likeness (QED) is 0.605. The highest BCUT2D eigenvalue weighted by Gasteiger charge is 2.21. The Morgan fingerprint density at radius 2 is 2.24 bits per heavy atom. The lowest BCUT2D eigenvalue weighted by Crippen LogP contribution is -2.28. The van der Waals surface area contributed by atoms with Crippen LogP contribution in [0.5, 0.6) is 0 Å². The van der Waals surface area contributed by atoms with Crippen molar-refractivity contribution in [2.45, 2.75) is 26.3 Å². The summed E-state index contributed by atoms with van der Waals surface area (Å²) in [5, 5.41) is 22.5. The Hall–Kier alpha value is -2.11. The van der Waals surface area contributed by atoms with Gasteiger partial charge < -0.3 is 10.4 Å². The smallest absolute Gasteiger partial charge is 0.326 e. The molecule has 6 nitrogen and oxygen atoms in total. The molecule has 1 aromatic rings. The predicted molar refractivity (Wildman–Crippen MR) is 63.2 cm³/mol. The van der Waals surface area contributed by atoms with Gasteiger partial charge in [-0.3, -0.25) is 10.1 Å².